The van der Waals surface area contributed by atoms with Crippen LogP contribution in [-0.2, 0) is 30.3 Å². The second kappa shape index (κ2) is 11.6. The van der Waals surface area contributed by atoms with Crippen LogP contribution in [0.3, 0.4) is 0 Å². The van der Waals surface area contributed by atoms with Crippen LogP contribution in [0.15, 0.2) is 24.3 Å². The van der Waals surface area contributed by atoms with Gasteiger partial charge in [0.25, 0.3) is 0 Å². The van der Waals surface area contributed by atoms with Crippen LogP contribution < -0.4 is 4.74 Å². The lowest BCUT2D eigenvalue weighted by atomic mass is 9.99. The quantitative estimate of drug-likeness (QED) is 0.586. The molecule has 1 fully saturated rings. The smallest absolute Gasteiger partial charge is 0.186 e. The van der Waals surface area contributed by atoms with E-state index in [9.17, 15) is 5.11 Å². The molecule has 1 N–H and O–H groups in total. The summed E-state index contributed by atoms with van der Waals surface area (Å²) < 4.78 is 33.6. The molecule has 1 aliphatic heterocycles. The highest BCUT2D eigenvalue weighted by molar-refractivity contribution is 5.26. The van der Waals surface area contributed by atoms with Gasteiger partial charge in [0, 0.05) is 20.8 Å². The molecule has 27 heavy (non-hydrogen) atoms. The molecule has 0 aromatic heterocycles. The molecule has 0 aliphatic carbocycles. The van der Waals surface area contributed by atoms with Crippen LogP contribution in [-0.4, -0.2) is 70.4 Å². The van der Waals surface area contributed by atoms with E-state index >= 15 is 0 Å². The predicted molar refractivity (Wildman–Crippen MR) is 99.8 cm³/mol. The third-order valence-corrected chi connectivity index (χ3v) is 4.65. The molecule has 2 rings (SSSR count). The maximum atomic E-state index is 10.6. The van der Waals surface area contributed by atoms with E-state index in [-0.39, 0.29) is 6.61 Å². The minimum Gasteiger partial charge on any atom is -0.497 e. The summed E-state index contributed by atoms with van der Waals surface area (Å²) in [4.78, 5) is 0. The van der Waals surface area contributed by atoms with Crippen molar-refractivity contribution in [2.45, 2.75) is 57.1 Å². The summed E-state index contributed by atoms with van der Waals surface area (Å²) in [5, 5.41) is 10.6. The summed E-state index contributed by atoms with van der Waals surface area (Å²) in [6, 6.07) is 7.64. The highest BCUT2D eigenvalue weighted by Crippen LogP contribution is 2.26. The van der Waals surface area contributed by atoms with Gasteiger partial charge < -0.3 is 33.5 Å². The molecule has 1 aliphatic rings. The van der Waals surface area contributed by atoms with E-state index in [4.69, 9.17) is 28.4 Å². The number of methoxy groups -OCH3 is 3. The Morgan fingerprint density at radius 3 is 2.33 bits per heavy atom. The second-order valence-corrected chi connectivity index (χ2v) is 6.52. The monoisotopic (exact) mass is 384 g/mol. The number of benzene rings is 1. The van der Waals surface area contributed by atoms with E-state index in [2.05, 4.69) is 6.92 Å². The fraction of sp³-hybridized carbons (Fsp3) is 0.700. The Morgan fingerprint density at radius 2 is 1.74 bits per heavy atom. The molecule has 1 saturated heterocycles. The molecule has 0 spiro atoms. The number of rotatable bonds is 11. The molecule has 0 unspecified atom stereocenters. The zero-order valence-corrected chi connectivity index (χ0v) is 16.6. The zero-order chi connectivity index (χ0) is 19.6. The molecule has 0 saturated carbocycles. The van der Waals surface area contributed by atoms with E-state index in [1.165, 1.54) is 0 Å². The van der Waals surface area contributed by atoms with Crippen LogP contribution in [0.1, 0.15) is 25.3 Å². The fourth-order valence-electron chi connectivity index (χ4n) is 3.04. The van der Waals surface area contributed by atoms with Crippen molar-refractivity contribution in [1.29, 1.82) is 0 Å². The first-order valence-electron chi connectivity index (χ1n) is 9.36. The summed E-state index contributed by atoms with van der Waals surface area (Å²) in [6.45, 7) is 3.28. The van der Waals surface area contributed by atoms with Crippen LogP contribution in [0.25, 0.3) is 0 Å². The minimum absolute atomic E-state index is 0.219. The Bertz CT molecular complexity index is 522. The normalized spacial score (nSPS) is 28.3. The average Bonchev–Trinajstić information content (AvgIpc) is 2.70. The van der Waals surface area contributed by atoms with Gasteiger partial charge in [-0.1, -0.05) is 25.5 Å². The number of hydrogen-bond acceptors (Lipinski definition) is 7. The largest absolute Gasteiger partial charge is 0.497 e. The van der Waals surface area contributed by atoms with Gasteiger partial charge in [0.1, 0.15) is 30.2 Å². The highest BCUT2D eigenvalue weighted by Gasteiger charge is 2.46. The molecule has 1 aromatic carbocycles. The Labute approximate surface area is 161 Å². The van der Waals surface area contributed by atoms with Gasteiger partial charge in [-0.3, -0.25) is 0 Å². The third kappa shape index (κ3) is 6.14. The predicted octanol–water partition coefficient (Wildman–Crippen LogP) is 2.14. The van der Waals surface area contributed by atoms with E-state index < -0.39 is 30.7 Å². The first-order valence-corrected chi connectivity index (χ1v) is 9.36. The SMILES string of the molecule is CCCCO[C@@H]1O[C@H](COCc2ccc(OC)cc2)[C@H](O)[C@H](OC)[C@H]1OC. The summed E-state index contributed by atoms with van der Waals surface area (Å²) in [5.74, 6) is 0.797. The standard InChI is InChI=1S/C20H32O7/c1-5-6-11-26-20-19(24-4)18(23-3)17(21)16(27-20)13-25-12-14-7-9-15(22-2)10-8-14/h7-10,16-21H,5-6,11-13H2,1-4H3/t16-,17+,18+,19-,20-/m1/s1. The van der Waals surface area contributed by atoms with Gasteiger partial charge in [0.15, 0.2) is 6.29 Å². The van der Waals surface area contributed by atoms with E-state index in [0.29, 0.717) is 13.2 Å². The molecule has 5 atom stereocenters. The summed E-state index contributed by atoms with van der Waals surface area (Å²) in [5.41, 5.74) is 1.01. The molecule has 154 valence electrons. The van der Waals surface area contributed by atoms with Crippen molar-refractivity contribution >= 4 is 0 Å². The lowest BCUT2D eigenvalue weighted by Crippen LogP contribution is -2.60. The molecule has 0 bridgehead atoms. The first kappa shape index (κ1) is 22.1. The van der Waals surface area contributed by atoms with Gasteiger partial charge in [0.05, 0.1) is 20.3 Å². The summed E-state index contributed by atoms with van der Waals surface area (Å²) in [6.07, 6.45) is -1.15. The maximum absolute atomic E-state index is 10.6. The number of ether oxygens (including phenoxy) is 6. The Morgan fingerprint density at radius 1 is 1.04 bits per heavy atom. The molecular formula is C20H32O7. The Balaban J connectivity index is 1.92. The van der Waals surface area contributed by atoms with E-state index in [1.807, 2.05) is 24.3 Å². The van der Waals surface area contributed by atoms with Gasteiger partial charge in [0.2, 0.25) is 0 Å². The molecule has 0 radical (unpaired) electrons. The maximum Gasteiger partial charge on any atom is 0.186 e. The molecule has 1 aromatic rings. The first-order chi connectivity index (χ1) is 13.1. The van der Waals surface area contributed by atoms with E-state index in [0.717, 1.165) is 24.2 Å². The number of aliphatic hydroxyl groups excluding tert-OH is 1. The van der Waals surface area contributed by atoms with Crippen molar-refractivity contribution in [3.8, 4) is 5.75 Å². The fourth-order valence-corrected chi connectivity index (χ4v) is 3.04. The zero-order valence-electron chi connectivity index (χ0n) is 16.6. The average molecular weight is 384 g/mol. The van der Waals surface area contributed by atoms with Crippen LogP contribution in [0.5, 0.6) is 5.75 Å². The van der Waals surface area contributed by atoms with Crippen molar-refractivity contribution in [1.82, 2.24) is 0 Å². The van der Waals surface area contributed by atoms with Crippen molar-refractivity contribution < 1.29 is 33.5 Å². The topological polar surface area (TPSA) is 75.6 Å². The van der Waals surface area contributed by atoms with Gasteiger partial charge in [-0.2, -0.15) is 0 Å². The summed E-state index contributed by atoms with van der Waals surface area (Å²) >= 11 is 0. The third-order valence-electron chi connectivity index (χ3n) is 4.65. The van der Waals surface area contributed by atoms with Crippen LogP contribution in [0.2, 0.25) is 0 Å². The van der Waals surface area contributed by atoms with Crippen molar-refractivity contribution in [2.24, 2.45) is 0 Å². The minimum atomic E-state index is -0.873. The molecule has 0 amide bonds. The van der Waals surface area contributed by atoms with Gasteiger partial charge in [-0.15, -0.1) is 0 Å². The van der Waals surface area contributed by atoms with Gasteiger partial charge >= 0.3 is 0 Å². The van der Waals surface area contributed by atoms with Crippen molar-refractivity contribution in [3.63, 3.8) is 0 Å². The molecule has 7 heteroatoms. The van der Waals surface area contributed by atoms with E-state index in [1.54, 1.807) is 21.3 Å². The van der Waals surface area contributed by atoms with Gasteiger partial charge in [-0.25, -0.2) is 0 Å². The summed E-state index contributed by atoms with van der Waals surface area (Å²) in [7, 11) is 4.73. The Hall–Kier alpha value is -1.22. The van der Waals surface area contributed by atoms with Crippen molar-refractivity contribution in [2.75, 3.05) is 34.5 Å². The van der Waals surface area contributed by atoms with Gasteiger partial charge in [-0.05, 0) is 24.1 Å². The molecule has 1 heterocycles. The molecular weight excluding hydrogens is 352 g/mol. The number of unbranched alkanes of at least 4 members (excludes halogenated alkanes) is 1. The van der Waals surface area contributed by atoms with Crippen LogP contribution in [0, 0.1) is 0 Å². The van der Waals surface area contributed by atoms with Crippen LogP contribution >= 0.6 is 0 Å². The lowest BCUT2D eigenvalue weighted by molar-refractivity contribution is -0.311. The van der Waals surface area contributed by atoms with Crippen molar-refractivity contribution in [3.05, 3.63) is 29.8 Å². The highest BCUT2D eigenvalue weighted by atomic mass is 16.7. The second-order valence-electron chi connectivity index (χ2n) is 6.52. The lowest BCUT2D eigenvalue weighted by Gasteiger charge is -2.43. The van der Waals surface area contributed by atoms with Crippen LogP contribution in [0.4, 0.5) is 0 Å². The number of hydrogen-bond donors (Lipinski definition) is 1. The Kier molecular flexibility index (Phi) is 9.47. The number of aliphatic hydroxyl groups is 1. The molecule has 7 nitrogen and oxygen atoms in total.